The molecule has 0 bridgehead atoms. The number of hydrogen-bond acceptors (Lipinski definition) is 9. The fourth-order valence-corrected chi connectivity index (χ4v) is 6.67. The summed E-state index contributed by atoms with van der Waals surface area (Å²) in [5.74, 6) is -1.86. The number of primary sulfonamides is 1. The van der Waals surface area contributed by atoms with Gasteiger partial charge in [-0.3, -0.25) is 19.7 Å². The molecule has 3 amide bonds. The van der Waals surface area contributed by atoms with E-state index in [4.69, 9.17) is 33.2 Å². The number of primary amides is 1. The molecule has 2 heterocycles. The molecule has 12 nitrogen and oxygen atoms in total. The summed E-state index contributed by atoms with van der Waals surface area (Å²) in [7, 11) is -3.81. The third-order valence-electron chi connectivity index (χ3n) is 6.79. The number of sulfonamides is 1. The number of aromatic nitrogens is 1. The number of piperidine rings is 1. The number of alkyl halides is 1. The molecule has 220 valence electrons. The molecule has 1 aliphatic rings. The Hall–Kier alpha value is -3.14. The summed E-state index contributed by atoms with van der Waals surface area (Å²) in [6, 6.07) is 11.1. The van der Waals surface area contributed by atoms with Gasteiger partial charge in [-0.2, -0.15) is 0 Å². The normalized spacial score (nSPS) is 19.1. The third-order valence-corrected chi connectivity index (χ3v) is 9.13. The Kier molecular flexibility index (Phi) is 9.62. The second-order valence-electron chi connectivity index (χ2n) is 9.93. The highest BCUT2D eigenvalue weighted by Crippen LogP contribution is 2.38. The van der Waals surface area contributed by atoms with Crippen molar-refractivity contribution in [2.75, 3.05) is 12.4 Å². The van der Waals surface area contributed by atoms with Gasteiger partial charge in [0.15, 0.2) is 0 Å². The quantitative estimate of drug-likeness (QED) is 0.164. The molecule has 1 aliphatic heterocycles. The minimum Gasteiger partial charge on any atom is -0.370 e. The maximum atomic E-state index is 13.0. The van der Waals surface area contributed by atoms with Crippen molar-refractivity contribution in [2.24, 2.45) is 16.6 Å². The summed E-state index contributed by atoms with van der Waals surface area (Å²) in [5.41, 5.74) is 13.5. The lowest BCUT2D eigenvalue weighted by atomic mass is 9.96. The van der Waals surface area contributed by atoms with Crippen LogP contribution in [0.2, 0.25) is 0 Å². The minimum atomic E-state index is -3.81. The molecular weight excluding hydrogens is 590 g/mol. The molecular formula is C26H32ClN7O5S2. The van der Waals surface area contributed by atoms with E-state index in [1.807, 2.05) is 18.2 Å². The average molecular weight is 622 g/mol. The van der Waals surface area contributed by atoms with Crippen LogP contribution in [0.5, 0.6) is 0 Å². The van der Waals surface area contributed by atoms with Crippen LogP contribution in [0.15, 0.2) is 47.4 Å². The van der Waals surface area contributed by atoms with Crippen LogP contribution >= 0.6 is 22.9 Å². The summed E-state index contributed by atoms with van der Waals surface area (Å²) in [6.07, 6.45) is -0.353. The van der Waals surface area contributed by atoms with E-state index < -0.39 is 40.2 Å². The van der Waals surface area contributed by atoms with Gasteiger partial charge in [0.2, 0.25) is 27.7 Å². The van der Waals surface area contributed by atoms with Crippen LogP contribution in [0, 0.1) is 0 Å². The molecule has 1 saturated heterocycles. The van der Waals surface area contributed by atoms with Crippen molar-refractivity contribution in [3.05, 3.63) is 47.5 Å². The van der Waals surface area contributed by atoms with Crippen LogP contribution < -0.4 is 27.2 Å². The van der Waals surface area contributed by atoms with E-state index in [1.165, 1.54) is 28.4 Å². The molecule has 1 aromatic heterocycles. The Morgan fingerprint density at radius 2 is 1.88 bits per heavy atom. The SMILES string of the molecule is CC(N)NC(CC(N)=O)C(=O)NC1CCC(c2nc3c(-c4ccc(S(N)(=O)=O)cc4)cccc3s2)CN1C(=O)CCl. The average Bonchev–Trinajstić information content (AvgIpc) is 3.36. The molecule has 0 aliphatic carbocycles. The number of nitrogens with one attached hydrogen (secondary N) is 2. The van der Waals surface area contributed by atoms with Crippen molar-refractivity contribution < 1.29 is 22.8 Å². The molecule has 4 atom stereocenters. The number of halogens is 1. The first kappa shape index (κ1) is 30.8. The molecule has 0 radical (unpaired) electrons. The highest BCUT2D eigenvalue weighted by molar-refractivity contribution is 7.89. The molecule has 2 aromatic carbocycles. The Bertz CT molecular complexity index is 1550. The highest BCUT2D eigenvalue weighted by atomic mass is 35.5. The number of thiazole rings is 1. The first-order valence-electron chi connectivity index (χ1n) is 12.9. The highest BCUT2D eigenvalue weighted by Gasteiger charge is 2.35. The predicted molar refractivity (Wildman–Crippen MR) is 157 cm³/mol. The van der Waals surface area contributed by atoms with E-state index in [2.05, 4.69) is 10.6 Å². The van der Waals surface area contributed by atoms with Crippen LogP contribution in [-0.2, 0) is 24.4 Å². The molecule has 1 fully saturated rings. The summed E-state index contributed by atoms with van der Waals surface area (Å²) in [5, 5.41) is 11.7. The number of nitrogens with two attached hydrogens (primary N) is 3. The number of likely N-dealkylation sites (tertiary alicyclic amines) is 1. The molecule has 0 spiro atoms. The lowest BCUT2D eigenvalue weighted by Gasteiger charge is -2.39. The zero-order valence-corrected chi connectivity index (χ0v) is 24.6. The van der Waals surface area contributed by atoms with Gasteiger partial charge in [-0.15, -0.1) is 22.9 Å². The zero-order chi connectivity index (χ0) is 29.9. The van der Waals surface area contributed by atoms with Crippen molar-refractivity contribution in [2.45, 2.75) is 55.4 Å². The van der Waals surface area contributed by atoms with Crippen LogP contribution in [-0.4, -0.2) is 66.8 Å². The number of carbonyl (C=O) groups is 3. The van der Waals surface area contributed by atoms with Crippen LogP contribution in [0.3, 0.4) is 0 Å². The molecule has 0 saturated carbocycles. The van der Waals surface area contributed by atoms with Gasteiger partial charge in [0.1, 0.15) is 12.0 Å². The number of fused-ring (bicyclic) bond motifs is 1. The fourth-order valence-electron chi connectivity index (χ4n) is 4.88. The predicted octanol–water partition coefficient (Wildman–Crippen LogP) is 1.14. The van der Waals surface area contributed by atoms with E-state index >= 15 is 0 Å². The van der Waals surface area contributed by atoms with Gasteiger partial charge in [0.25, 0.3) is 0 Å². The third kappa shape index (κ3) is 7.39. The van der Waals surface area contributed by atoms with E-state index in [0.717, 1.165) is 26.4 Å². The molecule has 4 rings (SSSR count). The number of amides is 3. The largest absolute Gasteiger partial charge is 0.370 e. The smallest absolute Gasteiger partial charge is 0.239 e. The molecule has 3 aromatic rings. The summed E-state index contributed by atoms with van der Waals surface area (Å²) >= 11 is 7.44. The van der Waals surface area contributed by atoms with E-state index in [1.54, 1.807) is 19.1 Å². The van der Waals surface area contributed by atoms with Crippen molar-refractivity contribution in [3.8, 4) is 11.1 Å². The van der Waals surface area contributed by atoms with Gasteiger partial charge in [-0.1, -0.05) is 24.3 Å². The van der Waals surface area contributed by atoms with E-state index in [0.29, 0.717) is 12.8 Å². The Morgan fingerprint density at radius 3 is 2.49 bits per heavy atom. The van der Waals surface area contributed by atoms with Crippen LogP contribution in [0.25, 0.3) is 21.3 Å². The number of para-hydroxylation sites is 1. The number of carbonyl (C=O) groups excluding carboxylic acids is 3. The summed E-state index contributed by atoms with van der Waals surface area (Å²) in [4.78, 5) is 43.8. The lowest BCUT2D eigenvalue weighted by molar-refractivity contribution is -0.137. The first-order chi connectivity index (χ1) is 19.4. The molecule has 15 heteroatoms. The fraction of sp³-hybridized carbons (Fsp3) is 0.385. The van der Waals surface area contributed by atoms with Gasteiger partial charge in [-0.25, -0.2) is 18.5 Å². The van der Waals surface area contributed by atoms with Gasteiger partial charge in [0, 0.05) is 18.0 Å². The van der Waals surface area contributed by atoms with Gasteiger partial charge in [-0.05, 0) is 43.5 Å². The summed E-state index contributed by atoms with van der Waals surface area (Å²) < 4.78 is 24.2. The van der Waals surface area contributed by atoms with Crippen molar-refractivity contribution in [1.29, 1.82) is 0 Å². The Morgan fingerprint density at radius 1 is 1.17 bits per heavy atom. The van der Waals surface area contributed by atoms with E-state index in [9.17, 15) is 22.8 Å². The second-order valence-corrected chi connectivity index (χ2v) is 12.8. The lowest BCUT2D eigenvalue weighted by Crippen LogP contribution is -2.59. The van der Waals surface area contributed by atoms with Gasteiger partial charge in [0.05, 0.1) is 38.7 Å². The topological polar surface area (TPSA) is 204 Å². The maximum absolute atomic E-state index is 13.0. The Labute approximate surface area is 246 Å². The number of benzene rings is 2. The number of hydrogen-bond donors (Lipinski definition) is 5. The van der Waals surface area contributed by atoms with Crippen LogP contribution in [0.4, 0.5) is 0 Å². The standard InChI is InChI=1S/C26H32ClN7O5S2/c1-14(28)31-19(11-21(29)35)25(37)32-22-10-7-16(13-34(22)23(36)12-27)26-33-24-18(3-2-4-20(24)40-26)15-5-8-17(9-6-15)41(30,38)39/h2-6,8-9,14,16,19,22,31H,7,10-13,28H2,1H3,(H2,29,35)(H,32,37)(H2,30,38,39). The van der Waals surface area contributed by atoms with Gasteiger partial charge < -0.3 is 21.7 Å². The zero-order valence-electron chi connectivity index (χ0n) is 22.2. The number of rotatable bonds is 10. The number of nitrogens with zero attached hydrogens (tertiary/aromatic N) is 2. The van der Waals surface area contributed by atoms with Crippen molar-refractivity contribution in [1.82, 2.24) is 20.5 Å². The van der Waals surface area contributed by atoms with Crippen molar-refractivity contribution in [3.63, 3.8) is 0 Å². The van der Waals surface area contributed by atoms with Gasteiger partial charge >= 0.3 is 0 Å². The van der Waals surface area contributed by atoms with E-state index in [-0.39, 0.29) is 35.6 Å². The van der Waals surface area contributed by atoms with Crippen LogP contribution in [0.1, 0.15) is 37.1 Å². The first-order valence-corrected chi connectivity index (χ1v) is 15.8. The minimum absolute atomic E-state index is 0.0227. The molecule has 41 heavy (non-hydrogen) atoms. The second kappa shape index (κ2) is 12.8. The molecule has 8 N–H and O–H groups in total. The monoisotopic (exact) mass is 621 g/mol. The maximum Gasteiger partial charge on any atom is 0.239 e. The Balaban J connectivity index is 1.56. The van der Waals surface area contributed by atoms with Crippen molar-refractivity contribution >= 4 is 60.9 Å². The summed E-state index contributed by atoms with van der Waals surface area (Å²) in [6.45, 7) is 1.93. The molecule has 4 unspecified atom stereocenters.